The molecule has 8 nitrogen and oxygen atoms in total. The summed E-state index contributed by atoms with van der Waals surface area (Å²) >= 11 is 1.65. The Bertz CT molecular complexity index is 1230. The van der Waals surface area contributed by atoms with E-state index in [2.05, 4.69) is 22.9 Å². The summed E-state index contributed by atoms with van der Waals surface area (Å²) in [4.78, 5) is 17.7. The van der Waals surface area contributed by atoms with Gasteiger partial charge in [-0.3, -0.25) is 4.90 Å². The zero-order chi connectivity index (χ0) is 21.0. The molecule has 0 spiro atoms. The summed E-state index contributed by atoms with van der Waals surface area (Å²) in [5.41, 5.74) is 2.81. The number of anilines is 1. The van der Waals surface area contributed by atoms with Crippen LogP contribution >= 0.6 is 11.3 Å². The highest BCUT2D eigenvalue weighted by molar-refractivity contribution is 7.89. The first-order valence-electron chi connectivity index (χ1n) is 9.89. The van der Waals surface area contributed by atoms with E-state index in [1.165, 1.54) is 5.56 Å². The molecule has 2 atom stereocenters. The molecule has 0 bridgehead atoms. The SMILES string of the molecule is CCS(=O)(=O)N[C@H]1C[C@H]2CN(c3noc4cccc(-c5sccc5C)c34)C(=O)N2C1. The largest absolute Gasteiger partial charge is 0.354 e. The van der Waals surface area contributed by atoms with Crippen molar-refractivity contribution >= 4 is 44.2 Å². The number of nitrogens with zero attached hydrogens (tertiary/aromatic N) is 3. The maximum Gasteiger partial charge on any atom is 0.326 e. The molecule has 2 saturated heterocycles. The highest BCUT2D eigenvalue weighted by Gasteiger charge is 2.46. The maximum absolute atomic E-state index is 13.2. The molecule has 1 N–H and O–H groups in total. The number of fused-ring (bicyclic) bond motifs is 2. The molecule has 2 fully saturated rings. The van der Waals surface area contributed by atoms with Crippen molar-refractivity contribution in [1.29, 1.82) is 0 Å². The van der Waals surface area contributed by atoms with Gasteiger partial charge in [0.2, 0.25) is 10.0 Å². The summed E-state index contributed by atoms with van der Waals surface area (Å²) in [5.74, 6) is 0.558. The van der Waals surface area contributed by atoms with Crippen molar-refractivity contribution in [3.63, 3.8) is 0 Å². The van der Waals surface area contributed by atoms with Gasteiger partial charge >= 0.3 is 6.03 Å². The van der Waals surface area contributed by atoms with Crippen LogP contribution in [0.15, 0.2) is 34.2 Å². The van der Waals surface area contributed by atoms with Gasteiger partial charge in [0.05, 0.1) is 17.2 Å². The zero-order valence-corrected chi connectivity index (χ0v) is 18.3. The number of nitrogens with one attached hydrogen (secondary N) is 1. The summed E-state index contributed by atoms with van der Waals surface area (Å²) in [7, 11) is -3.30. The molecule has 10 heteroatoms. The lowest BCUT2D eigenvalue weighted by molar-refractivity contribution is 0.218. The van der Waals surface area contributed by atoms with E-state index in [0.717, 1.165) is 15.8 Å². The predicted octanol–water partition coefficient (Wildman–Crippen LogP) is 3.19. The molecular formula is C20H22N4O4S2. The number of thiophene rings is 1. The molecule has 2 aliphatic heterocycles. The highest BCUT2D eigenvalue weighted by Crippen LogP contribution is 2.41. The summed E-state index contributed by atoms with van der Waals surface area (Å²) in [6.45, 7) is 4.49. The van der Waals surface area contributed by atoms with Crippen molar-refractivity contribution in [3.8, 4) is 10.4 Å². The number of urea groups is 1. The lowest BCUT2D eigenvalue weighted by Crippen LogP contribution is -2.41. The lowest BCUT2D eigenvalue weighted by atomic mass is 10.1. The van der Waals surface area contributed by atoms with Crippen LogP contribution in [0.25, 0.3) is 21.4 Å². The minimum absolute atomic E-state index is 0.0318. The van der Waals surface area contributed by atoms with Gasteiger partial charge in [-0.1, -0.05) is 17.3 Å². The Morgan fingerprint density at radius 3 is 2.83 bits per heavy atom. The third kappa shape index (κ3) is 3.10. The van der Waals surface area contributed by atoms with E-state index in [1.807, 2.05) is 23.6 Å². The summed E-state index contributed by atoms with van der Waals surface area (Å²) in [6, 6.07) is 7.43. The summed E-state index contributed by atoms with van der Waals surface area (Å²) in [5, 5.41) is 7.12. The van der Waals surface area contributed by atoms with Crippen molar-refractivity contribution in [2.75, 3.05) is 23.7 Å². The monoisotopic (exact) mass is 446 g/mol. The fourth-order valence-corrected chi connectivity index (χ4v) is 6.17. The lowest BCUT2D eigenvalue weighted by Gasteiger charge is -2.18. The Morgan fingerprint density at radius 2 is 2.13 bits per heavy atom. The number of hydrogen-bond donors (Lipinski definition) is 1. The van der Waals surface area contributed by atoms with E-state index in [9.17, 15) is 13.2 Å². The molecule has 0 unspecified atom stereocenters. The van der Waals surface area contributed by atoms with Gasteiger partial charge in [0.15, 0.2) is 11.4 Å². The minimum atomic E-state index is -3.30. The van der Waals surface area contributed by atoms with E-state index >= 15 is 0 Å². The van der Waals surface area contributed by atoms with Crippen molar-refractivity contribution in [2.24, 2.45) is 0 Å². The molecule has 0 aliphatic carbocycles. The smallest absolute Gasteiger partial charge is 0.326 e. The molecule has 4 heterocycles. The molecule has 2 aliphatic rings. The average Bonchev–Trinajstić information content (AvgIpc) is 3.47. The molecule has 1 aromatic carbocycles. The fourth-order valence-electron chi connectivity index (χ4n) is 4.37. The van der Waals surface area contributed by atoms with E-state index in [4.69, 9.17) is 4.52 Å². The van der Waals surface area contributed by atoms with Crippen LogP contribution in [0, 0.1) is 6.92 Å². The maximum atomic E-state index is 13.2. The standard InChI is InChI=1S/C20H22N4O4S2/c1-3-30(26,27)22-13-9-14-11-24(20(25)23(14)10-13)19-17-15(18-12(2)7-8-29-18)5-4-6-16(17)28-21-19/h4-8,13-14,22H,3,9-11H2,1-2H3/t13-,14-/m0/s1. The number of carbonyl (C=O) groups excluding carboxylic acids is 1. The highest BCUT2D eigenvalue weighted by atomic mass is 32.2. The molecule has 30 heavy (non-hydrogen) atoms. The Balaban J connectivity index is 1.46. The van der Waals surface area contributed by atoms with Gasteiger partial charge in [-0.2, -0.15) is 0 Å². The van der Waals surface area contributed by atoms with Gasteiger partial charge in [0.1, 0.15) is 0 Å². The van der Waals surface area contributed by atoms with Crippen LogP contribution in [0.2, 0.25) is 0 Å². The van der Waals surface area contributed by atoms with Crippen molar-refractivity contribution < 1.29 is 17.7 Å². The Labute approximate surface area is 178 Å². The zero-order valence-electron chi connectivity index (χ0n) is 16.7. The van der Waals surface area contributed by atoms with E-state index in [1.54, 1.807) is 28.1 Å². The van der Waals surface area contributed by atoms with Crippen LogP contribution in [0.5, 0.6) is 0 Å². The third-order valence-electron chi connectivity index (χ3n) is 5.85. The topological polar surface area (TPSA) is 95.7 Å². The first-order valence-corrected chi connectivity index (χ1v) is 12.4. The van der Waals surface area contributed by atoms with Gasteiger partial charge in [-0.15, -0.1) is 11.3 Å². The Kier molecular flexibility index (Phi) is 4.60. The minimum Gasteiger partial charge on any atom is -0.354 e. The number of benzene rings is 1. The molecule has 0 radical (unpaired) electrons. The predicted molar refractivity (Wildman–Crippen MR) is 116 cm³/mol. The molecular weight excluding hydrogens is 424 g/mol. The molecule has 2 aromatic heterocycles. The quantitative estimate of drug-likeness (QED) is 0.649. The van der Waals surface area contributed by atoms with E-state index in [0.29, 0.717) is 30.9 Å². The average molecular weight is 447 g/mol. The molecule has 5 rings (SSSR count). The number of aromatic nitrogens is 1. The van der Waals surface area contributed by atoms with Crippen molar-refractivity contribution in [3.05, 3.63) is 35.2 Å². The van der Waals surface area contributed by atoms with Crippen LogP contribution in [0.4, 0.5) is 10.6 Å². The first-order chi connectivity index (χ1) is 14.4. The van der Waals surface area contributed by atoms with Crippen molar-refractivity contribution in [2.45, 2.75) is 32.4 Å². The Morgan fingerprint density at radius 1 is 1.30 bits per heavy atom. The van der Waals surface area contributed by atoms with Gasteiger partial charge < -0.3 is 9.42 Å². The van der Waals surface area contributed by atoms with Gasteiger partial charge in [0, 0.05) is 29.6 Å². The molecule has 2 amide bonds. The first kappa shape index (κ1) is 19.5. The second-order valence-corrected chi connectivity index (χ2v) is 10.7. The second kappa shape index (κ2) is 7.07. The number of sulfonamides is 1. The van der Waals surface area contributed by atoms with Gasteiger partial charge in [-0.05, 0) is 43.3 Å². The van der Waals surface area contributed by atoms with Crippen LogP contribution in [-0.4, -0.2) is 55.4 Å². The van der Waals surface area contributed by atoms with Gasteiger partial charge in [0.25, 0.3) is 0 Å². The molecule has 0 saturated carbocycles. The number of rotatable bonds is 5. The van der Waals surface area contributed by atoms with Crippen molar-refractivity contribution in [1.82, 2.24) is 14.8 Å². The van der Waals surface area contributed by atoms with E-state index < -0.39 is 10.0 Å². The van der Waals surface area contributed by atoms with E-state index in [-0.39, 0.29) is 23.9 Å². The third-order valence-corrected chi connectivity index (χ3v) is 8.36. The van der Waals surface area contributed by atoms with Crippen LogP contribution in [0.1, 0.15) is 18.9 Å². The van der Waals surface area contributed by atoms with Crippen LogP contribution in [-0.2, 0) is 10.0 Å². The summed E-state index contributed by atoms with van der Waals surface area (Å²) in [6.07, 6.45) is 0.591. The van der Waals surface area contributed by atoms with Crippen LogP contribution < -0.4 is 9.62 Å². The normalized spacial score (nSPS) is 21.7. The number of carbonyl (C=O) groups is 1. The molecule has 3 aromatic rings. The molecule has 158 valence electrons. The van der Waals surface area contributed by atoms with Crippen LogP contribution in [0.3, 0.4) is 0 Å². The second-order valence-electron chi connectivity index (χ2n) is 7.77. The summed E-state index contributed by atoms with van der Waals surface area (Å²) < 4.78 is 32.0. The Hall–Kier alpha value is -2.43. The number of amides is 2. The number of hydrogen-bond acceptors (Lipinski definition) is 6. The van der Waals surface area contributed by atoms with Gasteiger partial charge in [-0.25, -0.2) is 17.9 Å². The fraction of sp³-hybridized carbons (Fsp3) is 0.400. The number of aryl methyl sites for hydroxylation is 1.